The summed E-state index contributed by atoms with van der Waals surface area (Å²) in [5, 5.41) is 15.2. The highest BCUT2D eigenvalue weighted by Crippen LogP contribution is 2.38. The Balaban J connectivity index is 1.79. The van der Waals surface area contributed by atoms with Gasteiger partial charge in [-0.1, -0.05) is 11.6 Å². The Morgan fingerprint density at radius 2 is 1.63 bits per heavy atom. The predicted molar refractivity (Wildman–Crippen MR) is 141 cm³/mol. The Hall–Kier alpha value is -3.74. The van der Waals surface area contributed by atoms with Crippen molar-refractivity contribution in [1.82, 2.24) is 35.1 Å². The molecular formula is C23H16ClF6IN8O2. The summed E-state index contributed by atoms with van der Waals surface area (Å²) >= 11 is 8.23. The fourth-order valence-corrected chi connectivity index (χ4v) is 4.69. The van der Waals surface area contributed by atoms with Gasteiger partial charge in [-0.05, 0) is 65.4 Å². The van der Waals surface area contributed by atoms with Gasteiger partial charge in [0.2, 0.25) is 0 Å². The Labute approximate surface area is 245 Å². The molecule has 2 N–H and O–H groups in total. The normalized spacial score (nSPS) is 12.0. The van der Waals surface area contributed by atoms with Crippen LogP contribution in [0.15, 0.2) is 36.5 Å². The number of rotatable bonds is 6. The van der Waals surface area contributed by atoms with Crippen molar-refractivity contribution in [1.29, 1.82) is 0 Å². The second-order valence-electron chi connectivity index (χ2n) is 8.34. The number of carbonyl (C=O) groups is 2. The highest BCUT2D eigenvalue weighted by Gasteiger charge is 2.48. The van der Waals surface area contributed by atoms with Crippen LogP contribution in [0.4, 0.5) is 32.0 Å². The van der Waals surface area contributed by atoms with Crippen molar-refractivity contribution < 1.29 is 35.9 Å². The van der Waals surface area contributed by atoms with E-state index in [2.05, 4.69) is 30.9 Å². The molecule has 0 aliphatic carbocycles. The molecule has 4 rings (SSSR count). The minimum absolute atomic E-state index is 0.0311. The molecule has 0 aliphatic rings. The Bertz CT molecular complexity index is 1620. The quantitative estimate of drug-likeness (QED) is 0.212. The number of amides is 2. The van der Waals surface area contributed by atoms with E-state index in [-0.39, 0.29) is 38.3 Å². The van der Waals surface area contributed by atoms with Gasteiger partial charge in [-0.2, -0.15) is 36.2 Å². The second-order valence-corrected chi connectivity index (χ2v) is 10.00. The van der Waals surface area contributed by atoms with Gasteiger partial charge in [-0.3, -0.25) is 9.59 Å². The van der Waals surface area contributed by atoms with Crippen LogP contribution in [-0.2, 0) is 18.9 Å². The summed E-state index contributed by atoms with van der Waals surface area (Å²) in [6.45, 7) is 0.880. The van der Waals surface area contributed by atoms with Gasteiger partial charge in [0.15, 0.2) is 17.2 Å². The molecule has 0 aliphatic heterocycles. The van der Waals surface area contributed by atoms with Crippen LogP contribution in [0.3, 0.4) is 0 Å². The molecule has 4 aromatic rings. The number of alkyl halides is 6. The van der Waals surface area contributed by atoms with E-state index < -0.39 is 42.1 Å². The van der Waals surface area contributed by atoms with E-state index in [9.17, 15) is 35.9 Å². The van der Waals surface area contributed by atoms with E-state index in [1.165, 1.54) is 25.4 Å². The van der Waals surface area contributed by atoms with Gasteiger partial charge in [0.25, 0.3) is 11.8 Å². The third-order valence-electron chi connectivity index (χ3n) is 5.44. The minimum Gasteiger partial charge on any atom is -0.355 e. The molecule has 216 valence electrons. The number of hydrogen-bond acceptors (Lipinski definition) is 6. The maximum atomic E-state index is 13.5. The summed E-state index contributed by atoms with van der Waals surface area (Å²) in [6, 6.07) is 7.28. The minimum atomic E-state index is -5.43. The third kappa shape index (κ3) is 6.45. The number of pyridine rings is 1. The predicted octanol–water partition coefficient (Wildman–Crippen LogP) is 5.12. The highest BCUT2D eigenvalue weighted by molar-refractivity contribution is 14.1. The lowest BCUT2D eigenvalue weighted by Gasteiger charge is -2.14. The van der Waals surface area contributed by atoms with Crippen molar-refractivity contribution >= 4 is 51.7 Å². The second kappa shape index (κ2) is 11.3. The van der Waals surface area contributed by atoms with Crippen LogP contribution in [-0.4, -0.2) is 48.6 Å². The van der Waals surface area contributed by atoms with Crippen LogP contribution in [0.2, 0.25) is 5.02 Å². The highest BCUT2D eigenvalue weighted by atomic mass is 127. The van der Waals surface area contributed by atoms with Crippen LogP contribution in [0.5, 0.6) is 0 Å². The lowest BCUT2D eigenvalue weighted by Crippen LogP contribution is -2.23. The number of anilines is 1. The van der Waals surface area contributed by atoms with E-state index in [1.54, 1.807) is 19.1 Å². The monoisotopic (exact) mass is 712 g/mol. The summed E-state index contributed by atoms with van der Waals surface area (Å²) in [5.74, 6) is -1.38. The maximum absolute atomic E-state index is 13.5. The molecule has 0 bridgehead atoms. The number of aryl methyl sites for hydroxylation is 1. The zero-order chi connectivity index (χ0) is 30.3. The van der Waals surface area contributed by atoms with Crippen molar-refractivity contribution in [3.05, 3.63) is 79.0 Å². The standard InChI is InChI=1S/C23H16ClF6IN8O2/c1-10-6-11(31)7-13(20(40)32-2)16(10)34-21(41)15-8-12(35-39(15)19-14(24)4-3-5-33-19)9-38-36-17(22(25,26)27)18(37-38)23(28,29)30/h3-8H,9H2,1-2H3,(H,32,40)(H,34,41). The van der Waals surface area contributed by atoms with Gasteiger partial charge in [0.1, 0.15) is 12.2 Å². The third-order valence-corrected chi connectivity index (χ3v) is 6.36. The van der Waals surface area contributed by atoms with Gasteiger partial charge in [-0.15, -0.1) is 10.2 Å². The zero-order valence-corrected chi connectivity index (χ0v) is 23.6. The molecule has 0 spiro atoms. The summed E-state index contributed by atoms with van der Waals surface area (Å²) < 4.78 is 80.9. The average Bonchev–Trinajstić information content (AvgIpc) is 3.50. The molecule has 10 nitrogen and oxygen atoms in total. The SMILES string of the molecule is CNC(=O)c1cc(I)cc(C)c1NC(=O)c1cc(Cn2nc(C(F)(F)F)c(C(F)(F)F)n2)nn1-c1ncccc1Cl. The van der Waals surface area contributed by atoms with Crippen molar-refractivity contribution in [3.8, 4) is 5.82 Å². The van der Waals surface area contributed by atoms with E-state index in [4.69, 9.17) is 11.6 Å². The van der Waals surface area contributed by atoms with Gasteiger partial charge in [0.05, 0.1) is 22.0 Å². The maximum Gasteiger partial charge on any atom is 0.437 e. The lowest BCUT2D eigenvalue weighted by molar-refractivity contribution is -0.165. The molecule has 0 unspecified atom stereocenters. The number of nitrogens with zero attached hydrogens (tertiary/aromatic N) is 6. The molecule has 0 radical (unpaired) electrons. The van der Waals surface area contributed by atoms with Crippen molar-refractivity contribution in [2.75, 3.05) is 12.4 Å². The van der Waals surface area contributed by atoms with Crippen LogP contribution < -0.4 is 10.6 Å². The van der Waals surface area contributed by atoms with Gasteiger partial charge >= 0.3 is 12.4 Å². The zero-order valence-electron chi connectivity index (χ0n) is 20.7. The van der Waals surface area contributed by atoms with Gasteiger partial charge in [0, 0.05) is 16.8 Å². The van der Waals surface area contributed by atoms with Gasteiger partial charge < -0.3 is 10.6 Å². The molecule has 18 heteroatoms. The van der Waals surface area contributed by atoms with Crippen LogP contribution in [0, 0.1) is 10.5 Å². The number of halogens is 8. The first kappa shape index (κ1) is 30.2. The first-order chi connectivity index (χ1) is 19.1. The largest absolute Gasteiger partial charge is 0.437 e. The summed E-state index contributed by atoms with van der Waals surface area (Å²) in [6.07, 6.45) is -9.52. The molecule has 2 amide bonds. The molecule has 1 aromatic carbocycles. The molecule has 3 aromatic heterocycles. The van der Waals surface area contributed by atoms with E-state index in [0.29, 0.717) is 9.13 Å². The van der Waals surface area contributed by atoms with E-state index >= 15 is 0 Å². The number of benzene rings is 1. The van der Waals surface area contributed by atoms with Gasteiger partial charge in [-0.25, -0.2) is 9.67 Å². The molecule has 0 saturated heterocycles. The van der Waals surface area contributed by atoms with Crippen LogP contribution in [0.25, 0.3) is 5.82 Å². The number of carbonyl (C=O) groups excluding carboxylic acids is 2. The summed E-state index contributed by atoms with van der Waals surface area (Å²) in [7, 11) is 1.41. The molecule has 0 fully saturated rings. The van der Waals surface area contributed by atoms with E-state index in [1.807, 2.05) is 22.6 Å². The molecule has 0 atom stereocenters. The van der Waals surface area contributed by atoms with Crippen molar-refractivity contribution in [2.24, 2.45) is 0 Å². The first-order valence-corrected chi connectivity index (χ1v) is 12.7. The molecule has 41 heavy (non-hydrogen) atoms. The van der Waals surface area contributed by atoms with Crippen molar-refractivity contribution in [2.45, 2.75) is 25.8 Å². The average molecular weight is 713 g/mol. The topological polar surface area (TPSA) is 120 Å². The molecular weight excluding hydrogens is 697 g/mol. The number of aromatic nitrogens is 6. The Kier molecular flexibility index (Phi) is 8.30. The molecule has 3 heterocycles. The number of hydrogen-bond donors (Lipinski definition) is 2. The fourth-order valence-electron chi connectivity index (χ4n) is 3.71. The number of nitrogens with one attached hydrogen (secondary N) is 2. The van der Waals surface area contributed by atoms with E-state index in [0.717, 1.165) is 10.7 Å². The fraction of sp³-hybridized carbons (Fsp3) is 0.217. The summed E-state index contributed by atoms with van der Waals surface area (Å²) in [4.78, 5) is 30.2. The van der Waals surface area contributed by atoms with Crippen molar-refractivity contribution in [3.63, 3.8) is 0 Å². The Morgan fingerprint density at radius 3 is 2.20 bits per heavy atom. The smallest absolute Gasteiger partial charge is 0.355 e. The van der Waals surface area contributed by atoms with Crippen LogP contribution >= 0.6 is 34.2 Å². The summed E-state index contributed by atoms with van der Waals surface area (Å²) in [5.41, 5.74) is -4.04. The lowest BCUT2D eigenvalue weighted by atomic mass is 10.1. The molecule has 0 saturated carbocycles. The Morgan fingerprint density at radius 1 is 1.00 bits per heavy atom. The van der Waals surface area contributed by atoms with Crippen LogP contribution in [0.1, 0.15) is 43.5 Å². The first-order valence-electron chi connectivity index (χ1n) is 11.2.